The summed E-state index contributed by atoms with van der Waals surface area (Å²) in [5, 5.41) is 9.28. The summed E-state index contributed by atoms with van der Waals surface area (Å²) in [5.41, 5.74) is 0.681. The van der Waals surface area contributed by atoms with Gasteiger partial charge >= 0.3 is 0 Å². The van der Waals surface area contributed by atoms with E-state index in [1.807, 2.05) is 0 Å². The molecule has 1 aliphatic heterocycles. The standard InChI is InChI=1S/C15H22FNO/c1-4-12-6-5-10(2)17(12)11(3)14-8-7-13(18)9-15(14)16/h7-12,18H,4-6H2,1-3H3. The highest BCUT2D eigenvalue weighted by molar-refractivity contribution is 5.30. The molecule has 1 fully saturated rings. The zero-order valence-electron chi connectivity index (χ0n) is 11.4. The van der Waals surface area contributed by atoms with Gasteiger partial charge < -0.3 is 5.11 Å². The van der Waals surface area contributed by atoms with Crippen molar-refractivity contribution in [3.63, 3.8) is 0 Å². The number of hydrogen-bond acceptors (Lipinski definition) is 2. The number of likely N-dealkylation sites (tertiary alicyclic amines) is 1. The summed E-state index contributed by atoms with van der Waals surface area (Å²) in [5.74, 6) is -0.318. The second-order valence-electron chi connectivity index (χ2n) is 5.32. The smallest absolute Gasteiger partial charge is 0.131 e. The SMILES string of the molecule is CCC1CCC(C)N1C(C)c1ccc(O)cc1F. The van der Waals surface area contributed by atoms with Crippen LogP contribution in [-0.2, 0) is 0 Å². The summed E-state index contributed by atoms with van der Waals surface area (Å²) in [6.07, 6.45) is 3.48. The molecule has 0 spiro atoms. The molecule has 3 unspecified atom stereocenters. The van der Waals surface area contributed by atoms with Gasteiger partial charge in [0.25, 0.3) is 0 Å². The molecule has 2 rings (SSSR count). The van der Waals surface area contributed by atoms with Crippen molar-refractivity contribution in [2.75, 3.05) is 0 Å². The topological polar surface area (TPSA) is 23.5 Å². The minimum atomic E-state index is -0.309. The number of phenolic OH excluding ortho intramolecular Hbond substituents is 1. The Kier molecular flexibility index (Phi) is 3.91. The highest BCUT2D eigenvalue weighted by Gasteiger charge is 2.34. The molecule has 1 aliphatic rings. The highest BCUT2D eigenvalue weighted by Crippen LogP contribution is 2.36. The first-order valence-electron chi connectivity index (χ1n) is 6.80. The van der Waals surface area contributed by atoms with Gasteiger partial charge in [-0.15, -0.1) is 0 Å². The van der Waals surface area contributed by atoms with Crippen molar-refractivity contribution < 1.29 is 9.50 Å². The molecule has 1 saturated heterocycles. The molecule has 0 saturated carbocycles. The Balaban J connectivity index is 2.26. The van der Waals surface area contributed by atoms with Gasteiger partial charge in [0.05, 0.1) is 0 Å². The summed E-state index contributed by atoms with van der Waals surface area (Å²) >= 11 is 0. The molecule has 2 nitrogen and oxygen atoms in total. The largest absolute Gasteiger partial charge is 0.508 e. The summed E-state index contributed by atoms with van der Waals surface area (Å²) < 4.78 is 13.9. The number of halogens is 1. The molecule has 0 aliphatic carbocycles. The van der Waals surface area contributed by atoms with E-state index in [2.05, 4.69) is 25.7 Å². The van der Waals surface area contributed by atoms with E-state index in [1.54, 1.807) is 12.1 Å². The zero-order chi connectivity index (χ0) is 13.3. The van der Waals surface area contributed by atoms with E-state index in [0.717, 1.165) is 6.42 Å². The number of hydrogen-bond donors (Lipinski definition) is 1. The van der Waals surface area contributed by atoms with Crippen LogP contribution in [0.1, 0.15) is 51.6 Å². The molecule has 0 amide bonds. The Morgan fingerprint density at radius 2 is 2.17 bits per heavy atom. The maximum atomic E-state index is 13.9. The van der Waals surface area contributed by atoms with Crippen molar-refractivity contribution in [3.05, 3.63) is 29.6 Å². The average molecular weight is 251 g/mol. The monoisotopic (exact) mass is 251 g/mol. The Morgan fingerprint density at radius 3 is 2.78 bits per heavy atom. The van der Waals surface area contributed by atoms with Gasteiger partial charge in [0.2, 0.25) is 0 Å². The lowest BCUT2D eigenvalue weighted by Crippen LogP contribution is -2.36. The fourth-order valence-electron chi connectivity index (χ4n) is 3.22. The van der Waals surface area contributed by atoms with Crippen molar-refractivity contribution in [2.45, 2.75) is 58.2 Å². The number of aromatic hydroxyl groups is 1. The number of nitrogens with zero attached hydrogens (tertiary/aromatic N) is 1. The molecule has 1 aromatic rings. The molecule has 0 bridgehead atoms. The van der Waals surface area contributed by atoms with Gasteiger partial charge in [-0.2, -0.15) is 0 Å². The van der Waals surface area contributed by atoms with Gasteiger partial charge in [-0.1, -0.05) is 13.0 Å². The fourth-order valence-corrected chi connectivity index (χ4v) is 3.22. The van der Waals surface area contributed by atoms with Crippen molar-refractivity contribution in [1.82, 2.24) is 4.90 Å². The van der Waals surface area contributed by atoms with Crippen LogP contribution in [0.25, 0.3) is 0 Å². The van der Waals surface area contributed by atoms with Crippen molar-refractivity contribution >= 4 is 0 Å². The van der Waals surface area contributed by atoms with Crippen molar-refractivity contribution in [1.29, 1.82) is 0 Å². The number of rotatable bonds is 3. The Hall–Kier alpha value is -1.09. The zero-order valence-corrected chi connectivity index (χ0v) is 11.4. The highest BCUT2D eigenvalue weighted by atomic mass is 19.1. The predicted molar refractivity (Wildman–Crippen MR) is 71.1 cm³/mol. The second-order valence-corrected chi connectivity index (χ2v) is 5.32. The van der Waals surface area contributed by atoms with Crippen LogP contribution in [-0.4, -0.2) is 22.1 Å². The maximum Gasteiger partial charge on any atom is 0.131 e. The molecule has 100 valence electrons. The molecular formula is C15H22FNO. The second kappa shape index (κ2) is 5.27. The summed E-state index contributed by atoms with van der Waals surface area (Å²) in [6, 6.07) is 5.58. The first-order valence-corrected chi connectivity index (χ1v) is 6.80. The van der Waals surface area contributed by atoms with Gasteiger partial charge in [0.15, 0.2) is 0 Å². The summed E-state index contributed by atoms with van der Waals surface area (Å²) in [6.45, 7) is 6.46. The van der Waals surface area contributed by atoms with Gasteiger partial charge in [-0.3, -0.25) is 4.90 Å². The van der Waals surface area contributed by atoms with Crippen LogP contribution in [0.5, 0.6) is 5.75 Å². The molecule has 1 aromatic carbocycles. The van der Waals surface area contributed by atoms with Crippen LogP contribution in [0.15, 0.2) is 18.2 Å². The summed E-state index contributed by atoms with van der Waals surface area (Å²) in [4.78, 5) is 2.41. The van der Waals surface area contributed by atoms with Crippen LogP contribution >= 0.6 is 0 Å². The third kappa shape index (κ3) is 2.37. The molecule has 0 aromatic heterocycles. The van der Waals surface area contributed by atoms with Crippen molar-refractivity contribution in [3.8, 4) is 5.75 Å². The maximum absolute atomic E-state index is 13.9. The molecule has 3 heteroatoms. The first-order chi connectivity index (χ1) is 8.54. The van der Waals surface area contributed by atoms with Gasteiger partial charge in [0, 0.05) is 29.8 Å². The van der Waals surface area contributed by atoms with E-state index in [4.69, 9.17) is 0 Å². The molecule has 18 heavy (non-hydrogen) atoms. The van der Waals surface area contributed by atoms with E-state index in [9.17, 15) is 9.50 Å². The van der Waals surface area contributed by atoms with E-state index in [1.165, 1.54) is 18.9 Å². The van der Waals surface area contributed by atoms with Crippen LogP contribution < -0.4 is 0 Å². The predicted octanol–water partition coefficient (Wildman–Crippen LogP) is 3.86. The number of benzene rings is 1. The van der Waals surface area contributed by atoms with Crippen LogP contribution in [0.2, 0.25) is 0 Å². The first kappa shape index (κ1) is 13.3. The molecule has 3 atom stereocenters. The van der Waals surface area contributed by atoms with Gasteiger partial charge in [-0.25, -0.2) is 4.39 Å². The fraction of sp³-hybridized carbons (Fsp3) is 0.600. The minimum Gasteiger partial charge on any atom is -0.508 e. The van der Waals surface area contributed by atoms with E-state index in [-0.39, 0.29) is 17.6 Å². The Morgan fingerprint density at radius 1 is 1.44 bits per heavy atom. The molecular weight excluding hydrogens is 229 g/mol. The van der Waals surface area contributed by atoms with E-state index >= 15 is 0 Å². The normalized spacial score (nSPS) is 26.4. The molecule has 0 radical (unpaired) electrons. The van der Waals surface area contributed by atoms with E-state index in [0.29, 0.717) is 17.6 Å². The number of phenols is 1. The molecule has 1 N–H and O–H groups in total. The third-order valence-corrected chi connectivity index (χ3v) is 4.20. The van der Waals surface area contributed by atoms with E-state index < -0.39 is 0 Å². The summed E-state index contributed by atoms with van der Waals surface area (Å²) in [7, 11) is 0. The lowest BCUT2D eigenvalue weighted by atomic mass is 10.0. The van der Waals surface area contributed by atoms with Crippen LogP contribution in [0.4, 0.5) is 4.39 Å². The molecule has 1 heterocycles. The van der Waals surface area contributed by atoms with Crippen LogP contribution in [0.3, 0.4) is 0 Å². The Bertz CT molecular complexity index is 421. The van der Waals surface area contributed by atoms with Crippen molar-refractivity contribution in [2.24, 2.45) is 0 Å². The third-order valence-electron chi connectivity index (χ3n) is 4.20. The quantitative estimate of drug-likeness (QED) is 0.882. The lowest BCUT2D eigenvalue weighted by molar-refractivity contribution is 0.141. The minimum absolute atomic E-state index is 0.00929. The van der Waals surface area contributed by atoms with Gasteiger partial charge in [0.1, 0.15) is 11.6 Å². The Labute approximate surface area is 108 Å². The van der Waals surface area contributed by atoms with Gasteiger partial charge in [-0.05, 0) is 39.2 Å². The average Bonchev–Trinajstić information content (AvgIpc) is 2.69. The lowest BCUT2D eigenvalue weighted by Gasteiger charge is -2.34. The van der Waals surface area contributed by atoms with Crippen LogP contribution in [0, 0.1) is 5.82 Å².